The zero-order chi connectivity index (χ0) is 14.5. The molecular formula is C18H29N3. The molecule has 0 aromatic heterocycles. The minimum Gasteiger partial charge on any atom is -0.314 e. The molecule has 0 amide bonds. The third-order valence-electron chi connectivity index (χ3n) is 5.07. The van der Waals surface area contributed by atoms with Gasteiger partial charge in [-0.2, -0.15) is 0 Å². The lowest BCUT2D eigenvalue weighted by Crippen LogP contribution is -2.44. The van der Waals surface area contributed by atoms with Crippen molar-refractivity contribution in [2.45, 2.75) is 25.2 Å². The molecule has 2 aliphatic rings. The van der Waals surface area contributed by atoms with Crippen molar-refractivity contribution in [1.82, 2.24) is 15.1 Å². The number of piperidine rings is 1. The van der Waals surface area contributed by atoms with E-state index in [1.165, 1.54) is 57.5 Å². The third kappa shape index (κ3) is 4.29. The summed E-state index contributed by atoms with van der Waals surface area (Å²) < 4.78 is 0. The van der Waals surface area contributed by atoms with Gasteiger partial charge in [0, 0.05) is 32.7 Å². The SMILES string of the molecule is CN1CCC(c2cccc(CCN3CCNCC3)c2)CC1. The highest BCUT2D eigenvalue weighted by Gasteiger charge is 2.18. The fraction of sp³-hybridized carbons (Fsp3) is 0.667. The molecule has 2 heterocycles. The van der Waals surface area contributed by atoms with Crippen LogP contribution in [-0.2, 0) is 6.42 Å². The number of benzene rings is 1. The largest absolute Gasteiger partial charge is 0.314 e. The Morgan fingerprint density at radius 2 is 1.86 bits per heavy atom. The molecule has 0 radical (unpaired) electrons. The summed E-state index contributed by atoms with van der Waals surface area (Å²) in [5, 5.41) is 3.42. The van der Waals surface area contributed by atoms with Crippen molar-refractivity contribution in [3.8, 4) is 0 Å². The Morgan fingerprint density at radius 1 is 1.10 bits per heavy atom. The van der Waals surface area contributed by atoms with E-state index in [0.717, 1.165) is 19.0 Å². The van der Waals surface area contributed by atoms with Gasteiger partial charge in [-0.25, -0.2) is 0 Å². The molecule has 0 saturated carbocycles. The number of rotatable bonds is 4. The molecule has 1 aromatic carbocycles. The van der Waals surface area contributed by atoms with Crippen molar-refractivity contribution in [1.29, 1.82) is 0 Å². The molecule has 0 unspecified atom stereocenters. The molecule has 21 heavy (non-hydrogen) atoms. The van der Waals surface area contributed by atoms with Gasteiger partial charge in [-0.15, -0.1) is 0 Å². The second-order valence-electron chi connectivity index (χ2n) is 6.66. The van der Waals surface area contributed by atoms with Crippen molar-refractivity contribution >= 4 is 0 Å². The van der Waals surface area contributed by atoms with E-state index in [1.54, 1.807) is 5.56 Å². The lowest BCUT2D eigenvalue weighted by Gasteiger charge is -2.29. The van der Waals surface area contributed by atoms with Gasteiger partial charge in [0.15, 0.2) is 0 Å². The van der Waals surface area contributed by atoms with Gasteiger partial charge < -0.3 is 15.1 Å². The van der Waals surface area contributed by atoms with Gasteiger partial charge in [0.1, 0.15) is 0 Å². The van der Waals surface area contributed by atoms with Crippen LogP contribution in [-0.4, -0.2) is 62.7 Å². The Hall–Kier alpha value is -0.900. The fourth-order valence-electron chi connectivity index (χ4n) is 3.57. The summed E-state index contributed by atoms with van der Waals surface area (Å²) in [6.07, 6.45) is 3.83. The second kappa shape index (κ2) is 7.39. The van der Waals surface area contributed by atoms with Crippen LogP contribution in [0.1, 0.15) is 29.9 Å². The van der Waals surface area contributed by atoms with Gasteiger partial charge in [0.05, 0.1) is 0 Å². The molecule has 2 fully saturated rings. The molecule has 2 aliphatic heterocycles. The summed E-state index contributed by atoms with van der Waals surface area (Å²) >= 11 is 0. The number of hydrogen-bond acceptors (Lipinski definition) is 3. The number of nitrogens with one attached hydrogen (secondary N) is 1. The van der Waals surface area contributed by atoms with Crippen LogP contribution in [0.5, 0.6) is 0 Å². The molecule has 1 N–H and O–H groups in total. The van der Waals surface area contributed by atoms with Crippen LogP contribution in [0.3, 0.4) is 0 Å². The molecule has 3 nitrogen and oxygen atoms in total. The van der Waals surface area contributed by atoms with E-state index >= 15 is 0 Å². The van der Waals surface area contributed by atoms with E-state index in [9.17, 15) is 0 Å². The first-order chi connectivity index (χ1) is 10.3. The second-order valence-corrected chi connectivity index (χ2v) is 6.66. The highest BCUT2D eigenvalue weighted by molar-refractivity contribution is 5.27. The zero-order valence-corrected chi connectivity index (χ0v) is 13.4. The maximum absolute atomic E-state index is 3.42. The average Bonchev–Trinajstić information content (AvgIpc) is 2.55. The smallest absolute Gasteiger partial charge is 0.0108 e. The minimum atomic E-state index is 0.778. The van der Waals surface area contributed by atoms with Crippen LogP contribution in [0.2, 0.25) is 0 Å². The van der Waals surface area contributed by atoms with Crippen molar-refractivity contribution in [3.05, 3.63) is 35.4 Å². The maximum Gasteiger partial charge on any atom is 0.0108 e. The Labute approximate surface area is 129 Å². The standard InChI is InChI=1S/C18H29N3/c1-20-10-6-17(7-11-20)18-4-2-3-16(15-18)5-12-21-13-8-19-9-14-21/h2-4,15,17,19H,5-14H2,1H3. The van der Waals surface area contributed by atoms with Gasteiger partial charge in [0.25, 0.3) is 0 Å². The quantitative estimate of drug-likeness (QED) is 0.913. The lowest BCUT2D eigenvalue weighted by molar-refractivity contribution is 0.243. The van der Waals surface area contributed by atoms with Crippen LogP contribution in [0.15, 0.2) is 24.3 Å². The van der Waals surface area contributed by atoms with Crippen LogP contribution < -0.4 is 5.32 Å². The summed E-state index contributed by atoms with van der Waals surface area (Å²) in [4.78, 5) is 5.03. The summed E-state index contributed by atoms with van der Waals surface area (Å²) in [5.74, 6) is 0.778. The number of piperazine rings is 1. The first kappa shape index (κ1) is 15.0. The van der Waals surface area contributed by atoms with E-state index in [1.807, 2.05) is 0 Å². The Kier molecular flexibility index (Phi) is 5.28. The molecule has 0 bridgehead atoms. The van der Waals surface area contributed by atoms with Gasteiger partial charge in [-0.3, -0.25) is 0 Å². The van der Waals surface area contributed by atoms with Gasteiger partial charge in [-0.05, 0) is 56.4 Å². The number of nitrogens with zero attached hydrogens (tertiary/aromatic N) is 2. The summed E-state index contributed by atoms with van der Waals surface area (Å²) in [7, 11) is 2.24. The van der Waals surface area contributed by atoms with Gasteiger partial charge in [0.2, 0.25) is 0 Å². The van der Waals surface area contributed by atoms with Crippen molar-refractivity contribution in [2.24, 2.45) is 0 Å². The first-order valence-electron chi connectivity index (χ1n) is 8.52. The predicted molar refractivity (Wildman–Crippen MR) is 88.9 cm³/mol. The topological polar surface area (TPSA) is 18.5 Å². The summed E-state index contributed by atoms with van der Waals surface area (Å²) in [5.41, 5.74) is 3.09. The summed E-state index contributed by atoms with van der Waals surface area (Å²) in [6.45, 7) is 8.40. The molecule has 2 saturated heterocycles. The Balaban J connectivity index is 1.55. The average molecular weight is 287 g/mol. The predicted octanol–water partition coefficient (Wildman–Crippen LogP) is 1.94. The number of likely N-dealkylation sites (tertiary alicyclic amines) is 1. The van der Waals surface area contributed by atoms with Crippen LogP contribution in [0, 0.1) is 0 Å². The summed E-state index contributed by atoms with van der Waals surface area (Å²) in [6, 6.07) is 9.38. The van der Waals surface area contributed by atoms with E-state index in [4.69, 9.17) is 0 Å². The third-order valence-corrected chi connectivity index (χ3v) is 5.07. The van der Waals surface area contributed by atoms with Crippen molar-refractivity contribution in [2.75, 3.05) is 52.9 Å². The monoisotopic (exact) mass is 287 g/mol. The fourth-order valence-corrected chi connectivity index (χ4v) is 3.57. The van der Waals surface area contributed by atoms with E-state index in [0.29, 0.717) is 0 Å². The molecule has 0 atom stereocenters. The van der Waals surface area contributed by atoms with Crippen LogP contribution >= 0.6 is 0 Å². The van der Waals surface area contributed by atoms with E-state index in [-0.39, 0.29) is 0 Å². The number of hydrogen-bond donors (Lipinski definition) is 1. The van der Waals surface area contributed by atoms with Gasteiger partial charge >= 0.3 is 0 Å². The highest BCUT2D eigenvalue weighted by Crippen LogP contribution is 2.28. The molecular weight excluding hydrogens is 258 g/mol. The Bertz CT molecular complexity index is 432. The van der Waals surface area contributed by atoms with Crippen molar-refractivity contribution in [3.63, 3.8) is 0 Å². The minimum absolute atomic E-state index is 0.778. The zero-order valence-electron chi connectivity index (χ0n) is 13.4. The Morgan fingerprint density at radius 3 is 2.62 bits per heavy atom. The van der Waals surface area contributed by atoms with E-state index in [2.05, 4.69) is 46.4 Å². The molecule has 3 heteroatoms. The lowest BCUT2D eigenvalue weighted by atomic mass is 9.88. The molecule has 116 valence electrons. The highest BCUT2D eigenvalue weighted by atomic mass is 15.2. The van der Waals surface area contributed by atoms with Crippen LogP contribution in [0.25, 0.3) is 0 Å². The first-order valence-corrected chi connectivity index (χ1v) is 8.52. The van der Waals surface area contributed by atoms with E-state index < -0.39 is 0 Å². The maximum atomic E-state index is 3.42. The van der Waals surface area contributed by atoms with Crippen molar-refractivity contribution < 1.29 is 0 Å². The van der Waals surface area contributed by atoms with Crippen LogP contribution in [0.4, 0.5) is 0 Å². The normalized spacial score (nSPS) is 22.5. The molecule has 3 rings (SSSR count). The molecule has 0 aliphatic carbocycles. The molecule has 0 spiro atoms. The molecule has 1 aromatic rings. The van der Waals surface area contributed by atoms with Gasteiger partial charge in [-0.1, -0.05) is 24.3 Å².